The molecule has 1 aliphatic carbocycles. The van der Waals surface area contributed by atoms with Crippen LogP contribution in [0.15, 0.2) is 24.3 Å². The van der Waals surface area contributed by atoms with Gasteiger partial charge in [-0.2, -0.15) is 0 Å². The van der Waals surface area contributed by atoms with Crippen molar-refractivity contribution in [1.82, 2.24) is 0 Å². The summed E-state index contributed by atoms with van der Waals surface area (Å²) in [6.45, 7) is 3.17. The Hall–Kier alpha value is -1.02. The highest BCUT2D eigenvalue weighted by Crippen LogP contribution is 2.46. The van der Waals surface area contributed by atoms with E-state index in [0.717, 1.165) is 11.8 Å². The van der Waals surface area contributed by atoms with Crippen molar-refractivity contribution < 1.29 is 0 Å². The Labute approximate surface area is 84.7 Å². The van der Waals surface area contributed by atoms with Crippen LogP contribution in [0.3, 0.4) is 0 Å². The first-order valence-electron chi connectivity index (χ1n) is 5.41. The number of nitrogens with zero attached hydrogens (tertiary/aromatic N) is 1. The standard InChI is InChI=1S/C12H16N2/c13-6-9-2-1-3-12(4-9)14-7-10-5-11(10)8-14/h1-4,10-11H,5-8,13H2. The minimum Gasteiger partial charge on any atom is -0.371 e. The van der Waals surface area contributed by atoms with E-state index < -0.39 is 0 Å². The van der Waals surface area contributed by atoms with Crippen molar-refractivity contribution in [1.29, 1.82) is 0 Å². The molecule has 0 amide bonds. The molecule has 1 heterocycles. The highest BCUT2D eigenvalue weighted by molar-refractivity contribution is 5.50. The van der Waals surface area contributed by atoms with Gasteiger partial charge in [0.2, 0.25) is 0 Å². The molecule has 1 aromatic rings. The van der Waals surface area contributed by atoms with Crippen LogP contribution in [0.25, 0.3) is 0 Å². The van der Waals surface area contributed by atoms with Gasteiger partial charge in [-0.05, 0) is 36.0 Å². The van der Waals surface area contributed by atoms with E-state index in [2.05, 4.69) is 29.2 Å². The quantitative estimate of drug-likeness (QED) is 0.764. The SMILES string of the molecule is NCc1cccc(N2CC3CC3C2)c1. The first-order chi connectivity index (χ1) is 6.86. The maximum absolute atomic E-state index is 5.63. The Morgan fingerprint density at radius 1 is 1.29 bits per heavy atom. The highest BCUT2D eigenvalue weighted by Gasteiger charge is 2.44. The topological polar surface area (TPSA) is 29.3 Å². The third-order valence-corrected chi connectivity index (χ3v) is 3.49. The molecule has 0 aromatic heterocycles. The maximum Gasteiger partial charge on any atom is 0.0369 e. The molecule has 0 bridgehead atoms. The smallest absolute Gasteiger partial charge is 0.0369 e. The van der Waals surface area contributed by atoms with Gasteiger partial charge in [-0.3, -0.25) is 0 Å². The van der Waals surface area contributed by atoms with Gasteiger partial charge in [0.25, 0.3) is 0 Å². The van der Waals surface area contributed by atoms with E-state index in [-0.39, 0.29) is 0 Å². The number of anilines is 1. The summed E-state index contributed by atoms with van der Waals surface area (Å²) in [4.78, 5) is 2.50. The van der Waals surface area contributed by atoms with Crippen molar-refractivity contribution >= 4 is 5.69 Å². The lowest BCUT2D eigenvalue weighted by Gasteiger charge is -2.20. The molecule has 2 unspecified atom stereocenters. The van der Waals surface area contributed by atoms with E-state index in [1.807, 2.05) is 0 Å². The lowest BCUT2D eigenvalue weighted by Crippen LogP contribution is -2.21. The average Bonchev–Trinajstić information content (AvgIpc) is 2.86. The fourth-order valence-electron chi connectivity index (χ4n) is 2.49. The third-order valence-electron chi connectivity index (χ3n) is 3.49. The monoisotopic (exact) mass is 188 g/mol. The van der Waals surface area contributed by atoms with Gasteiger partial charge in [0.1, 0.15) is 0 Å². The second-order valence-corrected chi connectivity index (χ2v) is 4.53. The van der Waals surface area contributed by atoms with Gasteiger partial charge in [0, 0.05) is 25.3 Å². The van der Waals surface area contributed by atoms with Crippen LogP contribution in [-0.4, -0.2) is 13.1 Å². The van der Waals surface area contributed by atoms with Crippen LogP contribution in [0.1, 0.15) is 12.0 Å². The molecular formula is C12H16N2. The third kappa shape index (κ3) is 1.30. The zero-order valence-electron chi connectivity index (χ0n) is 8.32. The molecule has 1 saturated heterocycles. The van der Waals surface area contributed by atoms with Crippen molar-refractivity contribution in [3.8, 4) is 0 Å². The summed E-state index contributed by atoms with van der Waals surface area (Å²) < 4.78 is 0. The number of hydrogen-bond acceptors (Lipinski definition) is 2. The van der Waals surface area contributed by atoms with E-state index in [9.17, 15) is 0 Å². The fraction of sp³-hybridized carbons (Fsp3) is 0.500. The molecule has 2 aliphatic rings. The molecular weight excluding hydrogens is 172 g/mol. The number of rotatable bonds is 2. The number of benzene rings is 1. The lowest BCUT2D eigenvalue weighted by atomic mass is 10.2. The molecule has 2 heteroatoms. The fourth-order valence-corrected chi connectivity index (χ4v) is 2.49. The summed E-state index contributed by atoms with van der Waals surface area (Å²) in [6.07, 6.45) is 1.47. The first kappa shape index (κ1) is 8.30. The van der Waals surface area contributed by atoms with Crippen molar-refractivity contribution in [2.45, 2.75) is 13.0 Å². The first-order valence-corrected chi connectivity index (χ1v) is 5.41. The summed E-state index contributed by atoms with van der Waals surface area (Å²) in [5.74, 6) is 1.99. The molecule has 2 nitrogen and oxygen atoms in total. The number of hydrogen-bond donors (Lipinski definition) is 1. The van der Waals surface area contributed by atoms with Gasteiger partial charge in [-0.15, -0.1) is 0 Å². The summed E-state index contributed by atoms with van der Waals surface area (Å²) >= 11 is 0. The zero-order valence-corrected chi connectivity index (χ0v) is 8.32. The van der Waals surface area contributed by atoms with Crippen LogP contribution in [0, 0.1) is 11.8 Å². The molecule has 1 aromatic carbocycles. The Morgan fingerprint density at radius 2 is 2.07 bits per heavy atom. The lowest BCUT2D eigenvalue weighted by molar-refractivity contribution is 0.818. The molecule has 3 rings (SSSR count). The Kier molecular flexibility index (Phi) is 1.77. The van der Waals surface area contributed by atoms with Crippen molar-refractivity contribution in [2.75, 3.05) is 18.0 Å². The van der Waals surface area contributed by atoms with E-state index in [1.54, 1.807) is 0 Å². The highest BCUT2D eigenvalue weighted by atomic mass is 15.2. The number of piperidine rings is 1. The second-order valence-electron chi connectivity index (χ2n) is 4.53. The van der Waals surface area contributed by atoms with Gasteiger partial charge < -0.3 is 10.6 Å². The summed E-state index contributed by atoms with van der Waals surface area (Å²) in [6, 6.07) is 8.64. The molecule has 2 N–H and O–H groups in total. The Morgan fingerprint density at radius 3 is 2.79 bits per heavy atom. The molecule has 0 spiro atoms. The Bertz CT molecular complexity index is 338. The summed E-state index contributed by atoms with van der Waals surface area (Å²) in [7, 11) is 0. The van der Waals surface area contributed by atoms with Crippen LogP contribution >= 0.6 is 0 Å². The normalized spacial score (nSPS) is 29.1. The minimum atomic E-state index is 0.647. The Balaban J connectivity index is 1.81. The maximum atomic E-state index is 5.63. The van der Waals surface area contributed by atoms with Gasteiger partial charge in [0.05, 0.1) is 0 Å². The van der Waals surface area contributed by atoms with Crippen molar-refractivity contribution in [3.05, 3.63) is 29.8 Å². The molecule has 0 radical (unpaired) electrons. The molecule has 2 fully saturated rings. The molecule has 2 atom stereocenters. The van der Waals surface area contributed by atoms with Gasteiger partial charge in [-0.1, -0.05) is 12.1 Å². The van der Waals surface area contributed by atoms with Crippen molar-refractivity contribution in [3.63, 3.8) is 0 Å². The van der Waals surface area contributed by atoms with Crippen LogP contribution in [0.2, 0.25) is 0 Å². The molecule has 1 saturated carbocycles. The van der Waals surface area contributed by atoms with E-state index in [1.165, 1.54) is 30.8 Å². The minimum absolute atomic E-state index is 0.647. The predicted molar refractivity (Wildman–Crippen MR) is 58.1 cm³/mol. The van der Waals surface area contributed by atoms with Gasteiger partial charge >= 0.3 is 0 Å². The average molecular weight is 188 g/mol. The summed E-state index contributed by atoms with van der Waals surface area (Å²) in [5.41, 5.74) is 8.24. The van der Waals surface area contributed by atoms with Crippen LogP contribution in [-0.2, 0) is 6.54 Å². The van der Waals surface area contributed by atoms with Crippen LogP contribution in [0.4, 0.5) is 5.69 Å². The van der Waals surface area contributed by atoms with Crippen LogP contribution in [0.5, 0.6) is 0 Å². The molecule has 1 aliphatic heterocycles. The number of nitrogens with two attached hydrogens (primary N) is 1. The second kappa shape index (κ2) is 2.99. The largest absolute Gasteiger partial charge is 0.371 e. The molecule has 14 heavy (non-hydrogen) atoms. The summed E-state index contributed by atoms with van der Waals surface area (Å²) in [5, 5.41) is 0. The van der Waals surface area contributed by atoms with E-state index >= 15 is 0 Å². The van der Waals surface area contributed by atoms with E-state index in [0.29, 0.717) is 6.54 Å². The van der Waals surface area contributed by atoms with Crippen LogP contribution < -0.4 is 10.6 Å². The predicted octanol–water partition coefficient (Wildman–Crippen LogP) is 1.60. The van der Waals surface area contributed by atoms with Gasteiger partial charge in [-0.25, -0.2) is 0 Å². The zero-order chi connectivity index (χ0) is 9.54. The number of fused-ring (bicyclic) bond motifs is 1. The van der Waals surface area contributed by atoms with E-state index in [4.69, 9.17) is 5.73 Å². The van der Waals surface area contributed by atoms with Gasteiger partial charge in [0.15, 0.2) is 0 Å². The molecule has 74 valence electrons. The van der Waals surface area contributed by atoms with Crippen molar-refractivity contribution in [2.24, 2.45) is 17.6 Å².